The van der Waals surface area contributed by atoms with Gasteiger partial charge < -0.3 is 14.9 Å². The van der Waals surface area contributed by atoms with Gasteiger partial charge in [-0.05, 0) is 29.7 Å². The first-order valence-electron chi connectivity index (χ1n) is 10.4. The molecule has 0 spiro atoms. The van der Waals surface area contributed by atoms with Crippen LogP contribution in [0.3, 0.4) is 0 Å². The Hall–Kier alpha value is -3.45. The highest BCUT2D eigenvalue weighted by molar-refractivity contribution is 7.17. The van der Waals surface area contributed by atoms with Crippen molar-refractivity contribution in [3.05, 3.63) is 58.4 Å². The molecule has 1 aliphatic rings. The number of hydrogen-bond acceptors (Lipinski definition) is 7. The highest BCUT2D eigenvalue weighted by Crippen LogP contribution is 2.32. The van der Waals surface area contributed by atoms with Crippen LogP contribution in [0, 0.1) is 12.3 Å². The lowest BCUT2D eigenvalue weighted by atomic mass is 10.0. The van der Waals surface area contributed by atoms with E-state index in [9.17, 15) is 9.90 Å². The van der Waals surface area contributed by atoms with E-state index in [-0.39, 0.29) is 18.7 Å². The van der Waals surface area contributed by atoms with Crippen molar-refractivity contribution in [1.29, 1.82) is 0 Å². The molecule has 2 N–H and O–H groups in total. The minimum Gasteiger partial charge on any atom is -0.394 e. The van der Waals surface area contributed by atoms with Crippen molar-refractivity contribution >= 4 is 50.4 Å². The Morgan fingerprint density at radius 1 is 1.21 bits per heavy atom. The second kappa shape index (κ2) is 9.19. The predicted molar refractivity (Wildman–Crippen MR) is 134 cm³/mol. The number of aliphatic hydroxyl groups is 1. The zero-order valence-electron chi connectivity index (χ0n) is 17.6. The molecule has 5 rings (SSSR count). The minimum absolute atomic E-state index is 0.0519. The van der Waals surface area contributed by atoms with Gasteiger partial charge in [-0.1, -0.05) is 24.3 Å². The summed E-state index contributed by atoms with van der Waals surface area (Å²) in [7, 11) is 0. The van der Waals surface area contributed by atoms with Crippen LogP contribution in [-0.4, -0.2) is 58.3 Å². The molecule has 9 heteroatoms. The van der Waals surface area contributed by atoms with Crippen molar-refractivity contribution in [2.45, 2.75) is 6.04 Å². The number of piperazine rings is 1. The lowest BCUT2D eigenvalue weighted by Gasteiger charge is -2.42. The van der Waals surface area contributed by atoms with E-state index in [0.29, 0.717) is 30.5 Å². The number of fused-ring (bicyclic) bond motifs is 1. The van der Waals surface area contributed by atoms with Gasteiger partial charge in [0.05, 0.1) is 28.4 Å². The zero-order valence-corrected chi connectivity index (χ0v) is 19.3. The fourth-order valence-electron chi connectivity index (χ4n) is 4.07. The maximum Gasteiger partial charge on any atom is 0.323 e. The average Bonchev–Trinajstić information content (AvgIpc) is 3.53. The van der Waals surface area contributed by atoms with Gasteiger partial charge in [0.15, 0.2) is 5.01 Å². The number of rotatable bonds is 4. The van der Waals surface area contributed by atoms with Gasteiger partial charge in [0.25, 0.3) is 0 Å². The van der Waals surface area contributed by atoms with Crippen LogP contribution in [0.1, 0.15) is 5.01 Å². The molecule has 7 nitrogen and oxygen atoms in total. The molecule has 2 aromatic carbocycles. The molecule has 0 aliphatic carbocycles. The Morgan fingerprint density at radius 3 is 2.82 bits per heavy atom. The Balaban J connectivity index is 1.29. The van der Waals surface area contributed by atoms with Gasteiger partial charge in [0.1, 0.15) is 5.82 Å². The quantitative estimate of drug-likeness (QED) is 0.434. The SMILES string of the molecule is C#Cc1nc(NC(=O)N2CCN(c3ccc(-c4cccc5ncsc45)cc3)[C@H](CO)C2)cs1. The third-order valence-electron chi connectivity index (χ3n) is 5.71. The van der Waals surface area contributed by atoms with E-state index < -0.39 is 0 Å². The van der Waals surface area contributed by atoms with Crippen molar-refractivity contribution in [2.24, 2.45) is 0 Å². The summed E-state index contributed by atoms with van der Waals surface area (Å²) in [5, 5.41) is 15.1. The van der Waals surface area contributed by atoms with Crippen LogP contribution in [0.2, 0.25) is 0 Å². The largest absolute Gasteiger partial charge is 0.394 e. The number of nitrogens with one attached hydrogen (secondary N) is 1. The number of aliphatic hydroxyl groups excluding tert-OH is 1. The van der Waals surface area contributed by atoms with Crippen LogP contribution in [0.5, 0.6) is 0 Å². The molecular weight excluding hydrogens is 454 g/mol. The number of aromatic nitrogens is 2. The molecule has 33 heavy (non-hydrogen) atoms. The summed E-state index contributed by atoms with van der Waals surface area (Å²) in [4.78, 5) is 25.1. The molecule has 1 aliphatic heterocycles. The third kappa shape index (κ3) is 4.28. The molecule has 1 fully saturated rings. The van der Waals surface area contributed by atoms with Crippen molar-refractivity contribution in [3.8, 4) is 23.5 Å². The molecule has 0 radical (unpaired) electrons. The molecule has 0 saturated carbocycles. The zero-order chi connectivity index (χ0) is 22.8. The second-order valence-corrected chi connectivity index (χ2v) is 9.35. The molecule has 0 bridgehead atoms. The van der Waals surface area contributed by atoms with Gasteiger partial charge >= 0.3 is 6.03 Å². The van der Waals surface area contributed by atoms with E-state index in [2.05, 4.69) is 56.4 Å². The van der Waals surface area contributed by atoms with E-state index in [1.165, 1.54) is 16.0 Å². The summed E-state index contributed by atoms with van der Waals surface area (Å²) in [6, 6.07) is 14.1. The first-order chi connectivity index (χ1) is 16.2. The number of nitrogens with zero attached hydrogens (tertiary/aromatic N) is 4. The monoisotopic (exact) mass is 475 g/mol. The fourth-order valence-corrected chi connectivity index (χ4v) is 5.45. The number of benzene rings is 2. The van der Waals surface area contributed by atoms with Gasteiger partial charge in [-0.25, -0.2) is 14.8 Å². The molecule has 2 amide bonds. The average molecular weight is 476 g/mol. The van der Waals surface area contributed by atoms with Crippen LogP contribution in [-0.2, 0) is 0 Å². The normalized spacial score (nSPS) is 16.1. The minimum atomic E-state index is -0.241. The fraction of sp³-hybridized carbons (Fsp3) is 0.208. The lowest BCUT2D eigenvalue weighted by Crippen LogP contribution is -2.57. The Bertz CT molecular complexity index is 1320. The number of anilines is 2. The van der Waals surface area contributed by atoms with Gasteiger partial charge in [-0.3, -0.25) is 5.32 Å². The smallest absolute Gasteiger partial charge is 0.323 e. The van der Waals surface area contributed by atoms with E-state index >= 15 is 0 Å². The Labute approximate surface area is 199 Å². The molecule has 1 atom stereocenters. The highest BCUT2D eigenvalue weighted by Gasteiger charge is 2.29. The summed E-state index contributed by atoms with van der Waals surface area (Å²) >= 11 is 2.95. The Kier molecular flexibility index (Phi) is 5.96. The van der Waals surface area contributed by atoms with E-state index in [1.807, 2.05) is 17.6 Å². The summed E-state index contributed by atoms with van der Waals surface area (Å²) in [6.07, 6.45) is 5.34. The first-order valence-corrected chi connectivity index (χ1v) is 12.2. The van der Waals surface area contributed by atoms with Gasteiger partial charge in [-0.15, -0.1) is 29.1 Å². The van der Waals surface area contributed by atoms with Crippen molar-refractivity contribution in [2.75, 3.05) is 36.5 Å². The standard InChI is InChI=1S/C24H21N5O2S2/c1-2-22-26-21(14-32-22)27-24(31)28-10-11-29(18(12-28)13-30)17-8-6-16(7-9-17)19-4-3-5-20-23(19)33-15-25-20/h1,3-9,14-15,18,30H,10-13H2,(H,27,31)/t18-/m0/s1. The van der Waals surface area contributed by atoms with E-state index in [0.717, 1.165) is 22.3 Å². The van der Waals surface area contributed by atoms with Crippen LogP contribution in [0.15, 0.2) is 53.4 Å². The van der Waals surface area contributed by atoms with Crippen LogP contribution in [0.4, 0.5) is 16.3 Å². The lowest BCUT2D eigenvalue weighted by molar-refractivity contribution is 0.174. The van der Waals surface area contributed by atoms with Gasteiger partial charge in [0.2, 0.25) is 0 Å². The maximum absolute atomic E-state index is 12.7. The van der Waals surface area contributed by atoms with Crippen molar-refractivity contribution in [1.82, 2.24) is 14.9 Å². The number of hydrogen-bond donors (Lipinski definition) is 2. The Morgan fingerprint density at radius 2 is 2.06 bits per heavy atom. The molecule has 166 valence electrons. The molecular formula is C24H21N5O2S2. The number of thiazole rings is 2. The van der Waals surface area contributed by atoms with Crippen LogP contribution >= 0.6 is 22.7 Å². The number of amides is 2. The number of carbonyl (C=O) groups is 1. The van der Waals surface area contributed by atoms with Crippen LogP contribution < -0.4 is 10.2 Å². The maximum atomic E-state index is 12.7. The first kappa shape index (κ1) is 21.4. The van der Waals surface area contributed by atoms with Gasteiger partial charge in [0, 0.05) is 36.3 Å². The third-order valence-corrected chi connectivity index (χ3v) is 7.36. The number of urea groups is 1. The van der Waals surface area contributed by atoms with E-state index in [4.69, 9.17) is 6.42 Å². The second-order valence-electron chi connectivity index (χ2n) is 7.64. The molecule has 3 heterocycles. The summed E-state index contributed by atoms with van der Waals surface area (Å²) in [5.41, 5.74) is 6.18. The number of terminal acetylenes is 1. The number of carbonyl (C=O) groups excluding carboxylic acids is 1. The van der Waals surface area contributed by atoms with Crippen molar-refractivity contribution < 1.29 is 9.90 Å². The van der Waals surface area contributed by atoms with Crippen molar-refractivity contribution in [3.63, 3.8) is 0 Å². The molecule has 0 unspecified atom stereocenters. The van der Waals surface area contributed by atoms with E-state index in [1.54, 1.807) is 21.6 Å². The molecule has 4 aromatic rings. The summed E-state index contributed by atoms with van der Waals surface area (Å²) in [6.45, 7) is 1.52. The van der Waals surface area contributed by atoms with Crippen LogP contribution in [0.25, 0.3) is 21.3 Å². The topological polar surface area (TPSA) is 81.6 Å². The summed E-state index contributed by atoms with van der Waals surface area (Å²) < 4.78 is 1.17. The molecule has 1 saturated heterocycles. The molecule has 2 aromatic heterocycles. The highest BCUT2D eigenvalue weighted by atomic mass is 32.1. The predicted octanol–water partition coefficient (Wildman–Crippen LogP) is 4.12. The van der Waals surface area contributed by atoms with Gasteiger partial charge in [-0.2, -0.15) is 0 Å². The summed E-state index contributed by atoms with van der Waals surface area (Å²) in [5.74, 6) is 2.91.